The number of allylic oxidation sites excluding steroid dienone is 1. The van der Waals surface area contributed by atoms with Crippen molar-refractivity contribution in [2.45, 2.75) is 26.3 Å². The van der Waals surface area contributed by atoms with Crippen molar-refractivity contribution in [2.24, 2.45) is 0 Å². The minimum absolute atomic E-state index is 0.357. The second-order valence-electron chi connectivity index (χ2n) is 7.94. The van der Waals surface area contributed by atoms with Crippen molar-refractivity contribution < 1.29 is 0 Å². The molecule has 4 rings (SSSR count). The van der Waals surface area contributed by atoms with E-state index in [0.29, 0.717) is 35.2 Å². The zero-order valence-electron chi connectivity index (χ0n) is 18.6. The first-order valence-corrected chi connectivity index (χ1v) is 10.7. The molecule has 8 heteroatoms. The van der Waals surface area contributed by atoms with Crippen LogP contribution in [0, 0.1) is 5.41 Å². The summed E-state index contributed by atoms with van der Waals surface area (Å²) in [7, 11) is 0. The Bertz CT molecular complexity index is 1310. The Kier molecular flexibility index (Phi) is 6.54. The summed E-state index contributed by atoms with van der Waals surface area (Å²) in [6.45, 7) is 4.79. The lowest BCUT2D eigenvalue weighted by Gasteiger charge is -2.09. The number of nitrogen functional groups attached to an aromatic ring is 1. The molecule has 0 bridgehead atoms. The molecule has 0 radical (unpaired) electrons. The molecule has 1 aromatic carbocycles. The molecule has 33 heavy (non-hydrogen) atoms. The topological polar surface area (TPSA) is 125 Å². The molecule has 0 aliphatic carbocycles. The highest BCUT2D eigenvalue weighted by molar-refractivity contribution is 6.08. The summed E-state index contributed by atoms with van der Waals surface area (Å²) in [4.78, 5) is 9.19. The Morgan fingerprint density at radius 3 is 2.70 bits per heavy atom. The summed E-state index contributed by atoms with van der Waals surface area (Å²) in [6.07, 6.45) is 6.59. The van der Waals surface area contributed by atoms with Crippen LogP contribution in [0.25, 0.3) is 16.6 Å². The number of anilines is 3. The highest BCUT2D eigenvalue weighted by atomic mass is 15.2. The number of rotatable bonds is 8. The Morgan fingerprint density at radius 2 is 1.91 bits per heavy atom. The molecule has 166 valence electrons. The van der Waals surface area contributed by atoms with Gasteiger partial charge in [-0.15, -0.1) is 5.10 Å². The van der Waals surface area contributed by atoms with Crippen molar-refractivity contribution in [1.82, 2.24) is 25.5 Å². The van der Waals surface area contributed by atoms with Crippen LogP contribution in [0.3, 0.4) is 0 Å². The number of nitrogens with one attached hydrogen (secondary N) is 3. The first kappa shape index (κ1) is 21.9. The summed E-state index contributed by atoms with van der Waals surface area (Å²) in [5.41, 5.74) is 11.8. The van der Waals surface area contributed by atoms with E-state index in [2.05, 4.69) is 44.6 Å². The quantitative estimate of drug-likeness (QED) is 0.233. The van der Waals surface area contributed by atoms with Gasteiger partial charge in [-0.05, 0) is 47.4 Å². The van der Waals surface area contributed by atoms with Crippen LogP contribution < -0.4 is 16.4 Å². The maximum atomic E-state index is 7.84. The van der Waals surface area contributed by atoms with Gasteiger partial charge in [0, 0.05) is 42.0 Å². The maximum Gasteiger partial charge on any atom is 0.154 e. The lowest BCUT2D eigenvalue weighted by Crippen LogP contribution is -2.08. The molecule has 3 heterocycles. The van der Waals surface area contributed by atoms with Gasteiger partial charge in [0.25, 0.3) is 0 Å². The number of aromatic nitrogens is 4. The summed E-state index contributed by atoms with van der Waals surface area (Å²) in [6, 6.07) is 15.3. The molecular weight excluding hydrogens is 412 g/mol. The second-order valence-corrected chi connectivity index (χ2v) is 7.94. The van der Waals surface area contributed by atoms with Gasteiger partial charge in [-0.25, -0.2) is 4.98 Å². The van der Waals surface area contributed by atoms with Crippen molar-refractivity contribution in [3.05, 3.63) is 83.8 Å². The number of pyridine rings is 2. The fraction of sp³-hybridized carbons (Fsp3) is 0.160. The van der Waals surface area contributed by atoms with E-state index in [9.17, 15) is 0 Å². The molecule has 3 aromatic heterocycles. The van der Waals surface area contributed by atoms with E-state index >= 15 is 0 Å². The zero-order chi connectivity index (χ0) is 23.2. The van der Waals surface area contributed by atoms with Crippen molar-refractivity contribution in [1.29, 1.82) is 5.41 Å². The molecule has 0 unspecified atom stereocenters. The maximum absolute atomic E-state index is 7.84. The van der Waals surface area contributed by atoms with Crippen LogP contribution in [0.2, 0.25) is 0 Å². The third-order valence-electron chi connectivity index (χ3n) is 5.23. The van der Waals surface area contributed by atoms with Crippen LogP contribution in [-0.4, -0.2) is 26.4 Å². The fourth-order valence-electron chi connectivity index (χ4n) is 3.30. The molecular formula is C25H26N8. The van der Waals surface area contributed by atoms with Crippen molar-refractivity contribution in [3.63, 3.8) is 0 Å². The van der Waals surface area contributed by atoms with Gasteiger partial charge in [-0.3, -0.25) is 4.98 Å². The average Bonchev–Trinajstić information content (AvgIpc) is 2.82. The number of hydrogen-bond acceptors (Lipinski definition) is 8. The first-order valence-electron chi connectivity index (χ1n) is 10.7. The Balaban J connectivity index is 1.55. The van der Waals surface area contributed by atoms with Gasteiger partial charge in [0.05, 0.1) is 17.2 Å². The van der Waals surface area contributed by atoms with E-state index in [0.717, 1.165) is 27.9 Å². The third-order valence-corrected chi connectivity index (χ3v) is 5.23. The van der Waals surface area contributed by atoms with Crippen LogP contribution in [-0.2, 0) is 6.54 Å². The molecule has 0 saturated heterocycles. The predicted molar refractivity (Wildman–Crippen MR) is 133 cm³/mol. The van der Waals surface area contributed by atoms with Crippen LogP contribution in [0.1, 0.15) is 36.5 Å². The minimum Gasteiger partial charge on any atom is -0.398 e. The first-order chi connectivity index (χ1) is 16.0. The normalized spacial score (nSPS) is 11.5. The second kappa shape index (κ2) is 9.86. The van der Waals surface area contributed by atoms with E-state index in [-0.39, 0.29) is 0 Å². The largest absolute Gasteiger partial charge is 0.398 e. The highest BCUT2D eigenvalue weighted by Crippen LogP contribution is 2.22. The Labute approximate surface area is 192 Å². The van der Waals surface area contributed by atoms with Gasteiger partial charge < -0.3 is 21.8 Å². The van der Waals surface area contributed by atoms with Crippen molar-refractivity contribution >= 4 is 40.1 Å². The number of nitrogens with two attached hydrogens (primary N) is 1. The molecule has 0 atom stereocenters. The van der Waals surface area contributed by atoms with Gasteiger partial charge in [-0.1, -0.05) is 32.0 Å². The predicted octanol–water partition coefficient (Wildman–Crippen LogP) is 4.65. The van der Waals surface area contributed by atoms with Gasteiger partial charge in [-0.2, -0.15) is 5.10 Å². The monoisotopic (exact) mass is 438 g/mol. The number of para-hydroxylation sites is 1. The third kappa shape index (κ3) is 5.30. The summed E-state index contributed by atoms with van der Waals surface area (Å²) in [5.74, 6) is 1.65. The molecule has 5 N–H and O–H groups in total. The lowest BCUT2D eigenvalue weighted by atomic mass is 10.1. The molecule has 0 saturated carbocycles. The number of hydrogen-bond donors (Lipinski definition) is 4. The molecule has 8 nitrogen and oxygen atoms in total. The standard InChI is InChI=1S/C25H26N8/c1-16(2)18-10-25(33-30-15-18)32-24-8-7-22-23(31-24)9-19(14-29-22)20(11-26)13-28-12-17-5-3-4-6-21(17)27/h3-11,13-16,26,28H,12,27H2,1-2H3,(H,31,32,33)/b20-13+,26-11?. The Hall–Kier alpha value is -4.33. The summed E-state index contributed by atoms with van der Waals surface area (Å²) in [5, 5.41) is 22.5. The van der Waals surface area contributed by atoms with Gasteiger partial charge in [0.1, 0.15) is 5.82 Å². The number of fused-ring (bicyclic) bond motifs is 1. The summed E-state index contributed by atoms with van der Waals surface area (Å²) < 4.78 is 0. The fourth-order valence-corrected chi connectivity index (χ4v) is 3.30. The molecule has 0 spiro atoms. The average molecular weight is 439 g/mol. The molecule has 0 aliphatic heterocycles. The van der Waals surface area contributed by atoms with Crippen LogP contribution >= 0.6 is 0 Å². The number of benzene rings is 1. The highest BCUT2D eigenvalue weighted by Gasteiger charge is 2.07. The molecule has 0 aliphatic rings. The van der Waals surface area contributed by atoms with Crippen molar-refractivity contribution in [2.75, 3.05) is 11.1 Å². The van der Waals surface area contributed by atoms with E-state index in [1.165, 1.54) is 6.21 Å². The molecule has 4 aromatic rings. The van der Waals surface area contributed by atoms with Gasteiger partial charge in [0.2, 0.25) is 0 Å². The molecule has 0 fully saturated rings. The van der Waals surface area contributed by atoms with Crippen LogP contribution in [0.4, 0.5) is 17.3 Å². The van der Waals surface area contributed by atoms with E-state index < -0.39 is 0 Å². The minimum atomic E-state index is 0.357. The van der Waals surface area contributed by atoms with E-state index in [4.69, 9.17) is 11.1 Å². The molecule has 0 amide bonds. The summed E-state index contributed by atoms with van der Waals surface area (Å²) >= 11 is 0. The van der Waals surface area contributed by atoms with Crippen LogP contribution in [0.5, 0.6) is 0 Å². The SMILES string of the molecule is CC(C)c1cnnc(Nc2ccc3ncc(/C(C=N)=C/NCc4ccccc4N)cc3n2)c1. The van der Waals surface area contributed by atoms with E-state index in [1.807, 2.05) is 48.5 Å². The van der Waals surface area contributed by atoms with E-state index in [1.54, 1.807) is 18.6 Å². The Morgan fingerprint density at radius 1 is 1.06 bits per heavy atom. The van der Waals surface area contributed by atoms with Crippen LogP contribution in [0.15, 0.2) is 67.1 Å². The van der Waals surface area contributed by atoms with Crippen molar-refractivity contribution in [3.8, 4) is 0 Å². The lowest BCUT2D eigenvalue weighted by molar-refractivity contribution is 0.843. The number of nitrogens with zero attached hydrogens (tertiary/aromatic N) is 4. The van der Waals surface area contributed by atoms with Gasteiger partial charge >= 0.3 is 0 Å². The zero-order valence-corrected chi connectivity index (χ0v) is 18.6. The smallest absolute Gasteiger partial charge is 0.154 e. The van der Waals surface area contributed by atoms with Gasteiger partial charge in [0.15, 0.2) is 5.82 Å².